The first-order valence-electron chi connectivity index (χ1n) is 7.11. The Bertz CT molecular complexity index is 546. The highest BCUT2D eigenvalue weighted by Crippen LogP contribution is 2.49. The maximum atomic E-state index is 12.8. The molecular formula is C15H17F3N2O. The molecule has 1 saturated carbocycles. The molecule has 1 unspecified atom stereocenters. The second-order valence-corrected chi connectivity index (χ2v) is 5.82. The van der Waals surface area contributed by atoms with Crippen molar-refractivity contribution >= 4 is 5.91 Å². The predicted molar refractivity (Wildman–Crippen MR) is 71.8 cm³/mol. The summed E-state index contributed by atoms with van der Waals surface area (Å²) in [5.74, 6) is -0.143. The third-order valence-corrected chi connectivity index (χ3v) is 4.32. The Morgan fingerprint density at radius 2 is 2.10 bits per heavy atom. The predicted octanol–water partition coefficient (Wildman–Crippen LogP) is 2.22. The van der Waals surface area contributed by atoms with Crippen LogP contribution in [0.4, 0.5) is 13.2 Å². The quantitative estimate of drug-likeness (QED) is 0.898. The number of amides is 1. The van der Waals surface area contributed by atoms with E-state index in [1.165, 1.54) is 6.07 Å². The maximum absolute atomic E-state index is 12.8. The fraction of sp³-hybridized carbons (Fsp3) is 0.533. The van der Waals surface area contributed by atoms with Gasteiger partial charge in [0.05, 0.1) is 11.0 Å². The lowest BCUT2D eigenvalue weighted by Crippen LogP contribution is -2.42. The van der Waals surface area contributed by atoms with E-state index in [0.29, 0.717) is 18.4 Å². The smallest absolute Gasteiger partial charge is 0.351 e. The van der Waals surface area contributed by atoms with Gasteiger partial charge in [0, 0.05) is 12.6 Å². The van der Waals surface area contributed by atoms with Crippen molar-refractivity contribution in [1.29, 1.82) is 0 Å². The topological polar surface area (TPSA) is 41.1 Å². The van der Waals surface area contributed by atoms with Crippen LogP contribution < -0.4 is 10.6 Å². The molecule has 1 amide bonds. The summed E-state index contributed by atoms with van der Waals surface area (Å²) < 4.78 is 38.4. The minimum atomic E-state index is -4.38. The summed E-state index contributed by atoms with van der Waals surface area (Å²) in [6.45, 7) is 1.59. The molecule has 0 spiro atoms. The van der Waals surface area contributed by atoms with Gasteiger partial charge in [0.25, 0.3) is 0 Å². The summed E-state index contributed by atoms with van der Waals surface area (Å²) in [6, 6.07) is 5.23. The van der Waals surface area contributed by atoms with Gasteiger partial charge in [-0.2, -0.15) is 13.2 Å². The van der Waals surface area contributed by atoms with Gasteiger partial charge in [-0.3, -0.25) is 4.79 Å². The average molecular weight is 298 g/mol. The largest absolute Gasteiger partial charge is 0.416 e. The van der Waals surface area contributed by atoms with Crippen LogP contribution in [0.5, 0.6) is 0 Å². The van der Waals surface area contributed by atoms with Gasteiger partial charge < -0.3 is 10.6 Å². The molecule has 114 valence electrons. The van der Waals surface area contributed by atoms with Gasteiger partial charge in [-0.1, -0.05) is 18.2 Å². The summed E-state index contributed by atoms with van der Waals surface area (Å²) in [5, 5.41) is 6.11. The number of carbonyl (C=O) groups excluding carboxylic acids is 1. The fourth-order valence-electron chi connectivity index (χ4n) is 2.87. The van der Waals surface area contributed by atoms with Crippen molar-refractivity contribution in [3.05, 3.63) is 35.4 Å². The van der Waals surface area contributed by atoms with Crippen LogP contribution in [-0.4, -0.2) is 25.0 Å². The zero-order valence-electron chi connectivity index (χ0n) is 11.5. The number of halogens is 3. The Morgan fingerprint density at radius 3 is 2.67 bits per heavy atom. The molecule has 1 aromatic rings. The molecule has 3 nitrogen and oxygen atoms in total. The van der Waals surface area contributed by atoms with E-state index in [2.05, 4.69) is 10.6 Å². The van der Waals surface area contributed by atoms with Crippen LogP contribution in [0.25, 0.3) is 0 Å². The zero-order valence-corrected chi connectivity index (χ0v) is 11.5. The van der Waals surface area contributed by atoms with Gasteiger partial charge in [0.15, 0.2) is 0 Å². The highest BCUT2D eigenvalue weighted by molar-refractivity contribution is 5.91. The molecule has 1 heterocycles. The number of hydrogen-bond acceptors (Lipinski definition) is 2. The number of hydrogen-bond donors (Lipinski definition) is 2. The molecule has 21 heavy (non-hydrogen) atoms. The second kappa shape index (κ2) is 5.02. The summed E-state index contributed by atoms with van der Waals surface area (Å²) in [4.78, 5) is 12.4. The van der Waals surface area contributed by atoms with E-state index in [0.717, 1.165) is 31.6 Å². The summed E-state index contributed by atoms with van der Waals surface area (Å²) in [7, 11) is 0. The average Bonchev–Trinajstić information content (AvgIpc) is 3.11. The Labute approximate surface area is 120 Å². The molecule has 1 aromatic carbocycles. The van der Waals surface area contributed by atoms with E-state index in [1.807, 2.05) is 0 Å². The summed E-state index contributed by atoms with van der Waals surface area (Å²) in [5.41, 5.74) is -0.980. The van der Waals surface area contributed by atoms with Crippen LogP contribution in [0.1, 0.15) is 30.4 Å². The minimum Gasteiger partial charge on any atom is -0.351 e. The minimum absolute atomic E-state index is 0.0840. The van der Waals surface area contributed by atoms with Crippen molar-refractivity contribution in [3.63, 3.8) is 0 Å². The van der Waals surface area contributed by atoms with Crippen LogP contribution >= 0.6 is 0 Å². The van der Waals surface area contributed by atoms with Gasteiger partial charge in [0.1, 0.15) is 0 Å². The lowest BCUT2D eigenvalue weighted by molar-refractivity contribution is -0.137. The Hall–Kier alpha value is -1.56. The van der Waals surface area contributed by atoms with Crippen LogP contribution in [0, 0.1) is 0 Å². The molecule has 0 radical (unpaired) electrons. The van der Waals surface area contributed by atoms with Crippen molar-refractivity contribution in [2.75, 3.05) is 13.1 Å². The third-order valence-electron chi connectivity index (χ3n) is 4.32. The molecule has 1 saturated heterocycles. The SMILES string of the molecule is O=C(NC1CCNC1)C1(c2cccc(C(F)(F)F)c2)CC1. The molecule has 0 aromatic heterocycles. The normalized spacial score (nSPS) is 23.9. The van der Waals surface area contributed by atoms with Crippen LogP contribution in [-0.2, 0) is 16.4 Å². The van der Waals surface area contributed by atoms with E-state index in [1.54, 1.807) is 6.07 Å². The van der Waals surface area contributed by atoms with Crippen molar-refractivity contribution in [1.82, 2.24) is 10.6 Å². The van der Waals surface area contributed by atoms with Crippen LogP contribution in [0.2, 0.25) is 0 Å². The lowest BCUT2D eigenvalue weighted by Gasteiger charge is -2.20. The first-order chi connectivity index (χ1) is 9.92. The van der Waals surface area contributed by atoms with E-state index in [4.69, 9.17) is 0 Å². The molecule has 2 fully saturated rings. The Balaban J connectivity index is 1.80. The molecule has 2 aliphatic rings. The second-order valence-electron chi connectivity index (χ2n) is 5.82. The van der Waals surface area contributed by atoms with E-state index in [-0.39, 0.29) is 11.9 Å². The van der Waals surface area contributed by atoms with Crippen molar-refractivity contribution < 1.29 is 18.0 Å². The number of rotatable bonds is 3. The van der Waals surface area contributed by atoms with E-state index in [9.17, 15) is 18.0 Å². The van der Waals surface area contributed by atoms with Crippen LogP contribution in [0.3, 0.4) is 0 Å². The van der Waals surface area contributed by atoms with E-state index < -0.39 is 17.2 Å². The molecule has 6 heteroatoms. The highest BCUT2D eigenvalue weighted by Gasteiger charge is 2.52. The lowest BCUT2D eigenvalue weighted by atomic mass is 9.93. The number of nitrogens with one attached hydrogen (secondary N) is 2. The molecule has 1 aliphatic heterocycles. The fourth-order valence-corrected chi connectivity index (χ4v) is 2.87. The number of carbonyl (C=O) groups is 1. The maximum Gasteiger partial charge on any atom is 0.416 e. The Morgan fingerprint density at radius 1 is 1.33 bits per heavy atom. The highest BCUT2D eigenvalue weighted by atomic mass is 19.4. The standard InChI is InChI=1S/C15H17F3N2O/c16-15(17,18)11-3-1-2-10(8-11)14(5-6-14)13(21)20-12-4-7-19-9-12/h1-3,8,12,19H,4-7,9H2,(H,20,21). The Kier molecular flexibility index (Phi) is 3.43. The molecule has 3 rings (SSSR count). The monoisotopic (exact) mass is 298 g/mol. The zero-order chi connectivity index (χ0) is 15.1. The van der Waals surface area contributed by atoms with Crippen molar-refractivity contribution in [2.24, 2.45) is 0 Å². The van der Waals surface area contributed by atoms with Gasteiger partial charge in [-0.25, -0.2) is 0 Å². The van der Waals surface area contributed by atoms with E-state index >= 15 is 0 Å². The summed E-state index contributed by atoms with van der Waals surface area (Å²) in [6.07, 6.45) is -2.29. The number of alkyl halides is 3. The van der Waals surface area contributed by atoms with Crippen LogP contribution in [0.15, 0.2) is 24.3 Å². The van der Waals surface area contributed by atoms with Gasteiger partial charge >= 0.3 is 6.18 Å². The van der Waals surface area contributed by atoms with Crippen molar-refractivity contribution in [3.8, 4) is 0 Å². The van der Waals surface area contributed by atoms with Gasteiger partial charge in [-0.15, -0.1) is 0 Å². The first kappa shape index (κ1) is 14.4. The molecular weight excluding hydrogens is 281 g/mol. The first-order valence-corrected chi connectivity index (χ1v) is 7.11. The summed E-state index contributed by atoms with van der Waals surface area (Å²) >= 11 is 0. The molecule has 2 N–H and O–H groups in total. The third kappa shape index (κ3) is 2.77. The molecule has 1 atom stereocenters. The molecule has 0 bridgehead atoms. The number of benzene rings is 1. The van der Waals surface area contributed by atoms with Gasteiger partial charge in [0.2, 0.25) is 5.91 Å². The van der Waals surface area contributed by atoms with Gasteiger partial charge in [-0.05, 0) is 37.4 Å². The van der Waals surface area contributed by atoms with Crippen molar-refractivity contribution in [2.45, 2.75) is 36.9 Å². The molecule has 1 aliphatic carbocycles.